The summed E-state index contributed by atoms with van der Waals surface area (Å²) in [5.74, 6) is -1.31. The van der Waals surface area contributed by atoms with Crippen molar-refractivity contribution in [2.75, 3.05) is 72.5 Å². The largest absolute Gasteiger partial charge is 0.465 e. The molecule has 0 rings (SSSR count). The maximum Gasteiger partial charge on any atom is 0.407 e. The fraction of sp³-hybridized carbons (Fsp3) is 0.769. The summed E-state index contributed by atoms with van der Waals surface area (Å²) in [5.41, 5.74) is -0.925. The van der Waals surface area contributed by atoms with Gasteiger partial charge < -0.3 is 43.8 Å². The van der Waals surface area contributed by atoms with E-state index in [0.717, 1.165) is 83.1 Å². The van der Waals surface area contributed by atoms with E-state index in [4.69, 9.17) is 33.7 Å². The monoisotopic (exact) mass is 796 g/mol. The minimum absolute atomic E-state index is 0.0668. The SMILES string of the molecule is C=CC(=O)OCCOCCOC(=O)NCCCCCCCC(=O)OCC(CC)(COC(=O)CCCCCCCOC#N)COC(=O)NCCCCCCN=C=O. The van der Waals surface area contributed by atoms with Gasteiger partial charge in [-0.3, -0.25) is 9.59 Å². The van der Waals surface area contributed by atoms with Gasteiger partial charge in [-0.2, -0.15) is 5.26 Å². The van der Waals surface area contributed by atoms with Crippen LogP contribution in [-0.2, 0) is 52.3 Å². The van der Waals surface area contributed by atoms with Crippen LogP contribution in [0.15, 0.2) is 17.6 Å². The van der Waals surface area contributed by atoms with Gasteiger partial charge in [0, 0.05) is 32.0 Å². The topological polar surface area (TPSA) is 227 Å². The molecule has 1 unspecified atom stereocenters. The van der Waals surface area contributed by atoms with Gasteiger partial charge in [-0.15, -0.1) is 0 Å². The maximum absolute atomic E-state index is 12.7. The number of rotatable bonds is 37. The summed E-state index contributed by atoms with van der Waals surface area (Å²) < 4.78 is 36.4. The van der Waals surface area contributed by atoms with Gasteiger partial charge in [0.15, 0.2) is 0 Å². The first-order chi connectivity index (χ1) is 27.2. The van der Waals surface area contributed by atoms with Crippen molar-refractivity contribution < 1.29 is 61.9 Å². The summed E-state index contributed by atoms with van der Waals surface area (Å²) in [6.45, 7) is 7.06. The van der Waals surface area contributed by atoms with E-state index in [9.17, 15) is 28.8 Å². The number of esters is 3. The van der Waals surface area contributed by atoms with E-state index >= 15 is 0 Å². The van der Waals surface area contributed by atoms with Crippen LogP contribution in [-0.4, -0.2) is 109 Å². The Morgan fingerprint density at radius 3 is 1.70 bits per heavy atom. The highest BCUT2D eigenvalue weighted by molar-refractivity contribution is 5.81. The van der Waals surface area contributed by atoms with Gasteiger partial charge in [0.05, 0.1) is 25.2 Å². The van der Waals surface area contributed by atoms with Gasteiger partial charge in [-0.05, 0) is 44.9 Å². The van der Waals surface area contributed by atoms with Crippen LogP contribution in [0.25, 0.3) is 0 Å². The van der Waals surface area contributed by atoms with Crippen LogP contribution in [0.5, 0.6) is 0 Å². The smallest absolute Gasteiger partial charge is 0.407 e. The lowest BCUT2D eigenvalue weighted by Crippen LogP contribution is -2.40. The number of aliphatic imine (C=N–C) groups is 1. The predicted octanol–water partition coefficient (Wildman–Crippen LogP) is 5.74. The highest BCUT2D eigenvalue weighted by atomic mass is 16.6. The van der Waals surface area contributed by atoms with Crippen molar-refractivity contribution in [2.24, 2.45) is 10.4 Å². The first kappa shape index (κ1) is 51.3. The molecule has 318 valence electrons. The number of isocyanates is 1. The number of amides is 2. The van der Waals surface area contributed by atoms with Gasteiger partial charge in [0.1, 0.15) is 39.6 Å². The number of nitrogens with one attached hydrogen (secondary N) is 2. The van der Waals surface area contributed by atoms with Crippen LogP contribution >= 0.6 is 0 Å². The van der Waals surface area contributed by atoms with Gasteiger partial charge in [-0.1, -0.05) is 64.9 Å². The zero-order valence-electron chi connectivity index (χ0n) is 33.3. The van der Waals surface area contributed by atoms with E-state index in [-0.39, 0.29) is 65.1 Å². The van der Waals surface area contributed by atoms with Crippen molar-refractivity contribution >= 4 is 36.2 Å². The van der Waals surface area contributed by atoms with Crippen molar-refractivity contribution in [3.63, 3.8) is 0 Å². The summed E-state index contributed by atoms with van der Waals surface area (Å²) in [6.07, 6.45) is 15.0. The number of nitriles is 1. The van der Waals surface area contributed by atoms with Crippen molar-refractivity contribution in [3.05, 3.63) is 12.7 Å². The molecule has 17 nitrogen and oxygen atoms in total. The Kier molecular flexibility index (Phi) is 34.1. The molecule has 17 heteroatoms. The third kappa shape index (κ3) is 32.7. The lowest BCUT2D eigenvalue weighted by Gasteiger charge is -2.31. The number of carbonyl (C=O) groups is 5. The molecule has 0 aromatic carbocycles. The fourth-order valence-electron chi connectivity index (χ4n) is 4.96. The standard InChI is InChI=1S/C39H64N4O13/c1-3-34(45)52-27-25-50-26-28-53-37(48)42-22-16-9-5-7-13-19-35(46)54-29-39(4-2,30-55-36(47)20-14-8-6-12-18-24-51-32-40)31-56-38(49)43-23-17-11-10-15-21-41-33-44/h3H,1,4-31H2,2H3,(H,42,48)(H,43,49). The second kappa shape index (κ2) is 37.3. The number of ether oxygens (including phenoxy) is 7. The summed E-state index contributed by atoms with van der Waals surface area (Å²) in [4.78, 5) is 74.1. The van der Waals surface area contributed by atoms with E-state index in [2.05, 4.69) is 26.9 Å². The van der Waals surface area contributed by atoms with Gasteiger partial charge in [0.25, 0.3) is 6.26 Å². The highest BCUT2D eigenvalue weighted by Gasteiger charge is 2.34. The molecular weight excluding hydrogens is 732 g/mol. The van der Waals surface area contributed by atoms with Gasteiger partial charge >= 0.3 is 30.1 Å². The Labute approximate surface area is 331 Å². The summed E-state index contributed by atoms with van der Waals surface area (Å²) in [7, 11) is 0. The molecule has 56 heavy (non-hydrogen) atoms. The maximum atomic E-state index is 12.7. The molecule has 0 aliphatic heterocycles. The number of nitrogens with zero attached hydrogens (tertiary/aromatic N) is 2. The van der Waals surface area contributed by atoms with Crippen LogP contribution < -0.4 is 10.6 Å². The third-order valence-corrected chi connectivity index (χ3v) is 8.49. The summed E-state index contributed by atoms with van der Waals surface area (Å²) in [6, 6.07) is 0. The Bertz CT molecular complexity index is 1190. The lowest BCUT2D eigenvalue weighted by atomic mass is 9.88. The zero-order valence-corrected chi connectivity index (χ0v) is 33.3. The average molecular weight is 797 g/mol. The quantitative estimate of drug-likeness (QED) is 0.0145. The highest BCUT2D eigenvalue weighted by Crippen LogP contribution is 2.25. The van der Waals surface area contributed by atoms with Crippen molar-refractivity contribution in [1.82, 2.24) is 10.6 Å². The first-order valence-corrected chi connectivity index (χ1v) is 19.8. The van der Waals surface area contributed by atoms with E-state index in [0.29, 0.717) is 45.5 Å². The fourth-order valence-corrected chi connectivity index (χ4v) is 4.96. The molecule has 0 aliphatic rings. The molecule has 0 aliphatic carbocycles. The number of carbonyl (C=O) groups excluding carboxylic acids is 6. The van der Waals surface area contributed by atoms with Crippen LogP contribution in [0.1, 0.15) is 116 Å². The Morgan fingerprint density at radius 1 is 0.643 bits per heavy atom. The van der Waals surface area contributed by atoms with Crippen molar-refractivity contribution in [1.29, 1.82) is 5.26 Å². The molecule has 0 fully saturated rings. The molecule has 2 amide bonds. The summed E-state index contributed by atoms with van der Waals surface area (Å²) in [5, 5.41) is 13.8. The van der Waals surface area contributed by atoms with Crippen molar-refractivity contribution in [3.8, 4) is 6.26 Å². The van der Waals surface area contributed by atoms with Gasteiger partial charge in [0.2, 0.25) is 6.08 Å². The third-order valence-electron chi connectivity index (χ3n) is 8.49. The first-order valence-electron chi connectivity index (χ1n) is 19.8. The lowest BCUT2D eigenvalue weighted by molar-refractivity contribution is -0.156. The second-order valence-electron chi connectivity index (χ2n) is 13.1. The van der Waals surface area contributed by atoms with Crippen molar-refractivity contribution in [2.45, 2.75) is 116 Å². The number of hydrogen-bond acceptors (Lipinski definition) is 15. The number of alkyl carbamates (subject to hydrolysis) is 2. The Balaban J connectivity index is 4.54. The molecule has 0 heterocycles. The minimum atomic E-state index is -0.925. The van der Waals surface area contributed by atoms with E-state index in [1.54, 1.807) is 6.26 Å². The predicted molar refractivity (Wildman–Crippen MR) is 204 cm³/mol. The zero-order chi connectivity index (χ0) is 41.4. The Morgan fingerprint density at radius 2 is 1.14 bits per heavy atom. The van der Waals surface area contributed by atoms with Crippen LogP contribution in [0, 0.1) is 16.9 Å². The molecule has 0 aromatic heterocycles. The average Bonchev–Trinajstić information content (AvgIpc) is 3.20. The second-order valence-corrected chi connectivity index (χ2v) is 13.1. The molecule has 0 spiro atoms. The molecule has 0 radical (unpaired) electrons. The minimum Gasteiger partial charge on any atom is -0.465 e. The molecule has 0 saturated carbocycles. The van der Waals surface area contributed by atoms with Crippen LogP contribution in [0.2, 0.25) is 0 Å². The van der Waals surface area contributed by atoms with Gasteiger partial charge in [-0.25, -0.2) is 24.2 Å². The molecule has 0 bridgehead atoms. The van der Waals surface area contributed by atoms with Crippen LogP contribution in [0.3, 0.4) is 0 Å². The Hall–Kier alpha value is -4.68. The normalized spacial score (nSPS) is 11.4. The van der Waals surface area contributed by atoms with Crippen LogP contribution in [0.4, 0.5) is 9.59 Å². The molecule has 0 saturated heterocycles. The van der Waals surface area contributed by atoms with E-state index in [1.165, 1.54) is 6.08 Å². The molecule has 2 N–H and O–H groups in total. The number of hydrogen-bond donors (Lipinski definition) is 2. The van der Waals surface area contributed by atoms with E-state index < -0.39 is 29.5 Å². The molecule has 0 aromatic rings. The molecular formula is C39H64N4O13. The molecule has 1 atom stereocenters. The van der Waals surface area contributed by atoms with E-state index in [1.807, 2.05) is 6.92 Å². The number of unbranched alkanes of at least 4 members (excludes halogenated alkanes) is 11. The summed E-state index contributed by atoms with van der Waals surface area (Å²) >= 11 is 0.